The van der Waals surface area contributed by atoms with Crippen molar-refractivity contribution in [1.29, 1.82) is 0 Å². The van der Waals surface area contributed by atoms with Gasteiger partial charge >= 0.3 is 0 Å². The highest BCUT2D eigenvalue weighted by atomic mass is 32.1. The molecule has 0 atom stereocenters. The van der Waals surface area contributed by atoms with E-state index in [1.807, 2.05) is 11.3 Å². The molecule has 1 saturated heterocycles. The second-order valence-corrected chi connectivity index (χ2v) is 7.20. The van der Waals surface area contributed by atoms with Gasteiger partial charge in [0.05, 0.1) is 0 Å². The Morgan fingerprint density at radius 3 is 2.68 bits per heavy atom. The topological polar surface area (TPSA) is 12.5 Å². The van der Waals surface area contributed by atoms with E-state index in [0.717, 1.165) is 44.9 Å². The fraction of sp³-hybridized carbons (Fsp3) is 0.733. The minimum Gasteiger partial charge on any atom is -0.381 e. The van der Waals surface area contributed by atoms with Crippen LogP contribution in [0, 0.1) is 5.41 Å². The normalized spacial score (nSPS) is 19.2. The second-order valence-electron chi connectivity index (χ2n) is 5.85. The van der Waals surface area contributed by atoms with Crippen LogP contribution in [0.4, 0.5) is 0 Å². The highest BCUT2D eigenvalue weighted by Crippen LogP contribution is 2.34. The lowest BCUT2D eigenvalue weighted by Gasteiger charge is -2.41. The Morgan fingerprint density at radius 2 is 2.16 bits per heavy atom. The molecule has 1 aromatic rings. The van der Waals surface area contributed by atoms with Crippen molar-refractivity contribution in [3.63, 3.8) is 0 Å². The maximum Gasteiger partial charge on any atom is 0.0472 e. The highest BCUT2D eigenvalue weighted by Gasteiger charge is 2.33. The summed E-state index contributed by atoms with van der Waals surface area (Å²) in [5.74, 6) is 0.962. The lowest BCUT2D eigenvalue weighted by Crippen LogP contribution is -2.45. The van der Waals surface area contributed by atoms with E-state index in [1.165, 1.54) is 4.88 Å². The van der Waals surface area contributed by atoms with E-state index < -0.39 is 0 Å². The SMILES string of the molecule is CC(C)N(Cc1cccs1)CC1(CS)CCOCC1. The van der Waals surface area contributed by atoms with E-state index in [2.05, 4.69) is 48.9 Å². The highest BCUT2D eigenvalue weighted by molar-refractivity contribution is 7.80. The van der Waals surface area contributed by atoms with Crippen molar-refractivity contribution in [1.82, 2.24) is 4.90 Å². The first kappa shape index (κ1) is 15.4. The molecule has 0 saturated carbocycles. The van der Waals surface area contributed by atoms with Crippen molar-refractivity contribution < 1.29 is 4.74 Å². The quantitative estimate of drug-likeness (QED) is 0.804. The number of ether oxygens (including phenoxy) is 1. The Kier molecular flexibility index (Phi) is 5.75. The summed E-state index contributed by atoms with van der Waals surface area (Å²) in [5, 5.41) is 2.16. The molecule has 108 valence electrons. The zero-order valence-electron chi connectivity index (χ0n) is 12.0. The maximum absolute atomic E-state index is 5.52. The molecule has 2 heterocycles. The van der Waals surface area contributed by atoms with Crippen LogP contribution in [0.1, 0.15) is 31.6 Å². The molecule has 4 heteroatoms. The average molecular weight is 300 g/mol. The number of hydrogen-bond acceptors (Lipinski definition) is 4. The molecule has 2 rings (SSSR count). The van der Waals surface area contributed by atoms with Gasteiger partial charge in [0, 0.05) is 37.2 Å². The number of nitrogens with zero attached hydrogens (tertiary/aromatic N) is 1. The van der Waals surface area contributed by atoms with E-state index in [0.29, 0.717) is 11.5 Å². The molecule has 0 unspecified atom stereocenters. The van der Waals surface area contributed by atoms with Crippen LogP contribution in [0.15, 0.2) is 17.5 Å². The Bertz CT molecular complexity index is 358. The van der Waals surface area contributed by atoms with Crippen LogP contribution in [-0.2, 0) is 11.3 Å². The molecule has 2 nitrogen and oxygen atoms in total. The monoisotopic (exact) mass is 299 g/mol. The van der Waals surface area contributed by atoms with Gasteiger partial charge in [0.15, 0.2) is 0 Å². The van der Waals surface area contributed by atoms with Crippen molar-refractivity contribution in [2.24, 2.45) is 5.41 Å². The number of thiol groups is 1. The summed E-state index contributed by atoms with van der Waals surface area (Å²) >= 11 is 6.48. The smallest absolute Gasteiger partial charge is 0.0472 e. The molecule has 0 radical (unpaired) electrons. The first-order valence-corrected chi connectivity index (χ1v) is 8.61. The summed E-state index contributed by atoms with van der Waals surface area (Å²) < 4.78 is 5.52. The van der Waals surface area contributed by atoms with E-state index in [1.54, 1.807) is 0 Å². The van der Waals surface area contributed by atoms with Crippen LogP contribution in [0.5, 0.6) is 0 Å². The van der Waals surface area contributed by atoms with Crippen LogP contribution in [0.2, 0.25) is 0 Å². The third-order valence-corrected chi connectivity index (χ3v) is 5.63. The molecule has 1 aliphatic rings. The Labute approximate surface area is 126 Å². The number of hydrogen-bond donors (Lipinski definition) is 1. The van der Waals surface area contributed by atoms with Crippen LogP contribution in [-0.4, -0.2) is 36.5 Å². The lowest BCUT2D eigenvalue weighted by molar-refractivity contribution is 0.00100. The van der Waals surface area contributed by atoms with Gasteiger partial charge in [-0.1, -0.05) is 6.07 Å². The minimum absolute atomic E-state index is 0.336. The molecule has 1 fully saturated rings. The van der Waals surface area contributed by atoms with E-state index in [4.69, 9.17) is 4.74 Å². The first-order valence-electron chi connectivity index (χ1n) is 7.10. The first-order chi connectivity index (χ1) is 9.15. The molecule has 0 spiro atoms. The summed E-state index contributed by atoms with van der Waals surface area (Å²) in [6, 6.07) is 4.94. The van der Waals surface area contributed by atoms with Gasteiger partial charge in [0.2, 0.25) is 0 Å². The van der Waals surface area contributed by atoms with Crippen LogP contribution in [0.25, 0.3) is 0 Å². The molecule has 0 amide bonds. The zero-order valence-corrected chi connectivity index (χ0v) is 13.7. The van der Waals surface area contributed by atoms with Gasteiger partial charge in [-0.2, -0.15) is 12.6 Å². The molecule has 1 aliphatic heterocycles. The summed E-state index contributed by atoms with van der Waals surface area (Å²) in [4.78, 5) is 4.04. The van der Waals surface area contributed by atoms with Crippen molar-refractivity contribution in [3.8, 4) is 0 Å². The second kappa shape index (κ2) is 7.11. The van der Waals surface area contributed by atoms with E-state index in [9.17, 15) is 0 Å². The van der Waals surface area contributed by atoms with Crippen molar-refractivity contribution >= 4 is 24.0 Å². The van der Waals surface area contributed by atoms with Crippen molar-refractivity contribution in [2.45, 2.75) is 39.3 Å². The van der Waals surface area contributed by atoms with Gasteiger partial charge in [-0.05, 0) is 49.3 Å². The maximum atomic E-state index is 5.52. The molecule has 0 aliphatic carbocycles. The van der Waals surface area contributed by atoms with Gasteiger partial charge in [0.25, 0.3) is 0 Å². The Hall–Kier alpha value is -0.0300. The van der Waals surface area contributed by atoms with Gasteiger partial charge in [0.1, 0.15) is 0 Å². The molecular weight excluding hydrogens is 274 g/mol. The van der Waals surface area contributed by atoms with Crippen LogP contribution < -0.4 is 0 Å². The van der Waals surface area contributed by atoms with Gasteiger partial charge in [-0.15, -0.1) is 11.3 Å². The lowest BCUT2D eigenvalue weighted by atomic mass is 9.81. The fourth-order valence-electron chi connectivity index (χ4n) is 2.63. The van der Waals surface area contributed by atoms with Crippen molar-refractivity contribution in [3.05, 3.63) is 22.4 Å². The summed E-state index contributed by atoms with van der Waals surface area (Å²) in [5.41, 5.74) is 0.336. The third kappa shape index (κ3) is 4.22. The standard InChI is InChI=1S/C15H25NOS2/c1-13(2)16(10-14-4-3-9-19-14)11-15(12-18)5-7-17-8-6-15/h3-4,9,13,18H,5-8,10-12H2,1-2H3. The summed E-state index contributed by atoms with van der Waals surface area (Å²) in [7, 11) is 0. The minimum atomic E-state index is 0.336. The average Bonchev–Trinajstić information content (AvgIpc) is 2.92. The predicted molar refractivity (Wildman–Crippen MR) is 86.2 cm³/mol. The summed E-state index contributed by atoms with van der Waals surface area (Å²) in [6.45, 7) is 8.57. The van der Waals surface area contributed by atoms with E-state index >= 15 is 0 Å². The molecule has 0 N–H and O–H groups in total. The van der Waals surface area contributed by atoms with Crippen molar-refractivity contribution in [2.75, 3.05) is 25.5 Å². The Morgan fingerprint density at radius 1 is 1.42 bits per heavy atom. The summed E-state index contributed by atoms with van der Waals surface area (Å²) in [6.07, 6.45) is 2.29. The van der Waals surface area contributed by atoms with Crippen LogP contribution in [0.3, 0.4) is 0 Å². The number of rotatable bonds is 6. The van der Waals surface area contributed by atoms with E-state index in [-0.39, 0.29) is 0 Å². The molecule has 1 aromatic heterocycles. The molecule has 0 aromatic carbocycles. The molecule has 19 heavy (non-hydrogen) atoms. The predicted octanol–water partition coefficient (Wildman–Crippen LogP) is 3.69. The number of thiophene rings is 1. The largest absolute Gasteiger partial charge is 0.381 e. The van der Waals surface area contributed by atoms with Gasteiger partial charge in [-0.3, -0.25) is 4.90 Å². The molecular formula is C15H25NOS2. The fourth-order valence-corrected chi connectivity index (χ4v) is 3.77. The van der Waals surface area contributed by atoms with Gasteiger partial charge < -0.3 is 4.74 Å². The Balaban J connectivity index is 2.02. The molecule has 0 bridgehead atoms. The third-order valence-electron chi connectivity index (χ3n) is 4.10. The van der Waals surface area contributed by atoms with Gasteiger partial charge in [-0.25, -0.2) is 0 Å². The van der Waals surface area contributed by atoms with Crippen LogP contribution >= 0.6 is 24.0 Å². The zero-order chi connectivity index (χ0) is 13.7.